The van der Waals surface area contributed by atoms with Crippen LogP contribution >= 0.6 is 0 Å². The quantitative estimate of drug-likeness (QED) is 0.731. The molecule has 144 valence electrons. The molecule has 0 saturated carbocycles. The molecule has 2 aromatic rings. The van der Waals surface area contributed by atoms with Gasteiger partial charge in [0.15, 0.2) is 11.2 Å². The van der Waals surface area contributed by atoms with Crippen molar-refractivity contribution in [2.24, 2.45) is 0 Å². The van der Waals surface area contributed by atoms with Crippen LogP contribution in [-0.2, 0) is 24.4 Å². The van der Waals surface area contributed by atoms with E-state index in [4.69, 9.17) is 0 Å². The number of fused-ring (bicyclic) bond motifs is 1. The van der Waals surface area contributed by atoms with E-state index in [1.54, 1.807) is 10.9 Å². The molecule has 0 spiro atoms. The molecule has 26 heavy (non-hydrogen) atoms. The molecular formula is C18H29N5O3. The second-order valence-electron chi connectivity index (χ2n) is 6.67. The molecular weight excluding hydrogens is 334 g/mol. The number of carbonyl (C=O) groups excluding carboxylic acids is 1. The number of hydrogen-bond acceptors (Lipinski definition) is 4. The Morgan fingerprint density at radius 2 is 1.88 bits per heavy atom. The van der Waals surface area contributed by atoms with Gasteiger partial charge in [0.25, 0.3) is 5.56 Å². The number of rotatable bonds is 9. The Kier molecular flexibility index (Phi) is 6.76. The molecule has 0 aliphatic rings. The van der Waals surface area contributed by atoms with Crippen molar-refractivity contribution in [1.82, 2.24) is 24.0 Å². The Morgan fingerprint density at radius 3 is 2.50 bits per heavy atom. The highest BCUT2D eigenvalue weighted by molar-refractivity contribution is 5.76. The molecule has 1 atom stereocenters. The van der Waals surface area contributed by atoms with Crippen molar-refractivity contribution in [3.63, 3.8) is 0 Å². The van der Waals surface area contributed by atoms with Crippen LogP contribution in [-0.4, -0.2) is 30.6 Å². The van der Waals surface area contributed by atoms with Crippen LogP contribution in [0.4, 0.5) is 0 Å². The number of aryl methyl sites for hydroxylation is 2. The zero-order valence-electron chi connectivity index (χ0n) is 16.1. The van der Waals surface area contributed by atoms with Gasteiger partial charge < -0.3 is 9.88 Å². The summed E-state index contributed by atoms with van der Waals surface area (Å²) in [6.45, 7) is 8.71. The van der Waals surface area contributed by atoms with Crippen molar-refractivity contribution in [1.29, 1.82) is 0 Å². The topological polar surface area (TPSA) is 90.9 Å². The summed E-state index contributed by atoms with van der Waals surface area (Å²) in [6.07, 6.45) is 5.01. The number of unbranched alkanes of at least 4 members (excludes halogenated alkanes) is 1. The molecule has 2 rings (SSSR count). The van der Waals surface area contributed by atoms with E-state index >= 15 is 0 Å². The minimum absolute atomic E-state index is 0.00474. The van der Waals surface area contributed by atoms with Gasteiger partial charge in [-0.2, -0.15) is 0 Å². The molecule has 0 saturated heterocycles. The molecule has 0 bridgehead atoms. The first-order chi connectivity index (χ1) is 12.4. The number of nitrogens with one attached hydrogen (secondary N) is 1. The second-order valence-corrected chi connectivity index (χ2v) is 6.67. The molecule has 1 amide bonds. The van der Waals surface area contributed by atoms with Gasteiger partial charge in [-0.15, -0.1) is 0 Å². The molecule has 0 fully saturated rings. The standard InChI is InChI=1S/C18H29N5O3/c1-5-8-10-21-12-19-16-15(21)17(25)23(18(26)22(16)9-6-2)11-14(24)20-13(4)7-3/h12-13H,5-11H2,1-4H3,(H,20,24)/t13-/m0/s1. The summed E-state index contributed by atoms with van der Waals surface area (Å²) in [4.78, 5) is 42.3. The minimum Gasteiger partial charge on any atom is -0.352 e. The van der Waals surface area contributed by atoms with Crippen LogP contribution in [0, 0.1) is 0 Å². The lowest BCUT2D eigenvalue weighted by Gasteiger charge is -2.14. The maximum Gasteiger partial charge on any atom is 0.333 e. The number of nitrogens with zero attached hydrogens (tertiary/aromatic N) is 4. The van der Waals surface area contributed by atoms with Gasteiger partial charge >= 0.3 is 5.69 Å². The van der Waals surface area contributed by atoms with Crippen molar-refractivity contribution in [2.75, 3.05) is 0 Å². The Balaban J connectivity index is 2.56. The fourth-order valence-electron chi connectivity index (χ4n) is 2.87. The van der Waals surface area contributed by atoms with Crippen LogP contribution in [0.5, 0.6) is 0 Å². The molecule has 0 radical (unpaired) electrons. The van der Waals surface area contributed by atoms with Crippen molar-refractivity contribution in [3.05, 3.63) is 27.2 Å². The molecule has 0 unspecified atom stereocenters. The smallest absolute Gasteiger partial charge is 0.333 e. The van der Waals surface area contributed by atoms with E-state index in [2.05, 4.69) is 17.2 Å². The summed E-state index contributed by atoms with van der Waals surface area (Å²) >= 11 is 0. The number of imidazole rings is 1. The minimum atomic E-state index is -0.482. The van der Waals surface area contributed by atoms with Crippen LogP contribution in [0.2, 0.25) is 0 Å². The maximum absolute atomic E-state index is 13.0. The average Bonchev–Trinajstić information content (AvgIpc) is 3.04. The van der Waals surface area contributed by atoms with E-state index in [0.717, 1.165) is 30.3 Å². The van der Waals surface area contributed by atoms with E-state index in [9.17, 15) is 14.4 Å². The van der Waals surface area contributed by atoms with Gasteiger partial charge in [-0.3, -0.25) is 14.2 Å². The largest absolute Gasteiger partial charge is 0.352 e. The lowest BCUT2D eigenvalue weighted by molar-refractivity contribution is -0.122. The summed E-state index contributed by atoms with van der Waals surface area (Å²) in [5.74, 6) is -0.333. The van der Waals surface area contributed by atoms with Crippen LogP contribution in [0.15, 0.2) is 15.9 Å². The second kappa shape index (κ2) is 8.82. The van der Waals surface area contributed by atoms with Crippen LogP contribution in [0.1, 0.15) is 53.4 Å². The molecule has 1 N–H and O–H groups in total. The third-order valence-corrected chi connectivity index (χ3v) is 4.50. The lowest BCUT2D eigenvalue weighted by atomic mass is 10.2. The normalized spacial score (nSPS) is 12.5. The number of amides is 1. The van der Waals surface area contributed by atoms with Gasteiger partial charge in [-0.05, 0) is 26.2 Å². The Labute approximate surface area is 152 Å². The highest BCUT2D eigenvalue weighted by atomic mass is 16.2. The number of hydrogen-bond donors (Lipinski definition) is 1. The van der Waals surface area contributed by atoms with E-state index in [-0.39, 0.29) is 18.5 Å². The Morgan fingerprint density at radius 1 is 1.15 bits per heavy atom. The first-order valence-corrected chi connectivity index (χ1v) is 9.42. The fourth-order valence-corrected chi connectivity index (χ4v) is 2.87. The zero-order chi connectivity index (χ0) is 19.3. The molecule has 0 aromatic carbocycles. The van der Waals surface area contributed by atoms with Crippen LogP contribution in [0.3, 0.4) is 0 Å². The third-order valence-electron chi connectivity index (χ3n) is 4.50. The number of aromatic nitrogens is 4. The summed E-state index contributed by atoms with van der Waals surface area (Å²) in [5, 5.41) is 2.81. The fraction of sp³-hybridized carbons (Fsp3) is 0.667. The van der Waals surface area contributed by atoms with Gasteiger partial charge in [0.1, 0.15) is 6.54 Å². The Bertz CT molecular complexity index is 877. The first kappa shape index (κ1) is 19.9. The van der Waals surface area contributed by atoms with Crippen molar-refractivity contribution in [3.8, 4) is 0 Å². The molecule has 0 aliphatic carbocycles. The third kappa shape index (κ3) is 4.05. The summed E-state index contributed by atoms with van der Waals surface area (Å²) in [6, 6.07) is -0.00474. The van der Waals surface area contributed by atoms with E-state index in [1.165, 1.54) is 4.57 Å². The van der Waals surface area contributed by atoms with Gasteiger partial charge in [0.05, 0.1) is 6.33 Å². The van der Waals surface area contributed by atoms with Gasteiger partial charge in [-0.25, -0.2) is 14.3 Å². The molecule has 8 heteroatoms. The van der Waals surface area contributed by atoms with Crippen LogP contribution < -0.4 is 16.6 Å². The molecule has 2 heterocycles. The SMILES string of the molecule is CCCCn1cnc2c1c(=O)n(CC(=O)N[C@@H](C)CC)c(=O)n2CCC. The van der Waals surface area contributed by atoms with E-state index in [0.29, 0.717) is 24.3 Å². The predicted octanol–water partition coefficient (Wildman–Crippen LogP) is 1.48. The molecule has 8 nitrogen and oxygen atoms in total. The van der Waals surface area contributed by atoms with Gasteiger partial charge in [0, 0.05) is 19.1 Å². The Hall–Kier alpha value is -2.38. The van der Waals surface area contributed by atoms with Gasteiger partial charge in [-0.1, -0.05) is 27.2 Å². The van der Waals surface area contributed by atoms with E-state index in [1.807, 2.05) is 20.8 Å². The zero-order valence-corrected chi connectivity index (χ0v) is 16.1. The predicted molar refractivity (Wildman–Crippen MR) is 101 cm³/mol. The molecule has 2 aromatic heterocycles. The highest BCUT2D eigenvalue weighted by Crippen LogP contribution is 2.09. The maximum atomic E-state index is 13.0. The van der Waals surface area contributed by atoms with Crippen molar-refractivity contribution < 1.29 is 4.79 Å². The monoisotopic (exact) mass is 363 g/mol. The van der Waals surface area contributed by atoms with Crippen LogP contribution in [0.25, 0.3) is 11.2 Å². The van der Waals surface area contributed by atoms with Gasteiger partial charge in [0.2, 0.25) is 5.91 Å². The van der Waals surface area contributed by atoms with Crippen molar-refractivity contribution >= 4 is 17.1 Å². The molecule has 0 aliphatic heterocycles. The summed E-state index contributed by atoms with van der Waals surface area (Å²) < 4.78 is 4.31. The average molecular weight is 363 g/mol. The lowest BCUT2D eigenvalue weighted by Crippen LogP contribution is -2.45. The van der Waals surface area contributed by atoms with E-state index < -0.39 is 11.2 Å². The highest BCUT2D eigenvalue weighted by Gasteiger charge is 2.19. The van der Waals surface area contributed by atoms with Crippen molar-refractivity contribution in [2.45, 2.75) is 79.1 Å². The number of carbonyl (C=O) groups is 1. The first-order valence-electron chi connectivity index (χ1n) is 9.42. The summed E-state index contributed by atoms with van der Waals surface area (Å²) in [5.41, 5.74) is -0.144. The summed E-state index contributed by atoms with van der Waals surface area (Å²) in [7, 11) is 0.